The molecule has 1 N–H and O–H groups in total. The van der Waals surface area contributed by atoms with Gasteiger partial charge in [-0.05, 0) is 54.6 Å². The Balaban J connectivity index is 1.60. The highest BCUT2D eigenvalue weighted by atomic mass is 35.5. The van der Waals surface area contributed by atoms with Crippen molar-refractivity contribution in [2.45, 2.75) is 18.2 Å². The molecule has 9 heteroatoms. The molecule has 7 nitrogen and oxygen atoms in total. The monoisotopic (exact) mass is 493 g/mol. The Morgan fingerprint density at radius 2 is 1.91 bits per heavy atom. The third kappa shape index (κ3) is 5.30. The molecule has 0 fully saturated rings. The fraction of sp³-hybridized carbons (Fsp3) is 0.120. The minimum absolute atomic E-state index is 0.0834. The van der Waals surface area contributed by atoms with E-state index in [0.29, 0.717) is 38.0 Å². The van der Waals surface area contributed by atoms with Gasteiger partial charge in [0.05, 0.1) is 29.5 Å². The van der Waals surface area contributed by atoms with E-state index in [0.717, 1.165) is 11.8 Å². The Hall–Kier alpha value is -3.62. The van der Waals surface area contributed by atoms with E-state index in [9.17, 15) is 14.4 Å². The number of Topliss-reactive ketones (excluding diaryl/α,β-unsaturated/α-hetero) is 1. The molecule has 1 amide bonds. The third-order valence-corrected chi connectivity index (χ3v) is 6.22. The van der Waals surface area contributed by atoms with Gasteiger partial charge in [-0.2, -0.15) is 0 Å². The van der Waals surface area contributed by atoms with Crippen molar-refractivity contribution in [1.29, 1.82) is 0 Å². The minimum Gasteiger partial charge on any atom is -0.467 e. The van der Waals surface area contributed by atoms with E-state index in [2.05, 4.69) is 16.9 Å². The first kappa shape index (κ1) is 23.5. The molecule has 0 aliphatic carbocycles. The maximum absolute atomic E-state index is 13.1. The number of allylic oxidation sites excluding steroid dienone is 1. The number of hydrogen-bond acceptors (Lipinski definition) is 6. The molecule has 4 aromatic rings. The van der Waals surface area contributed by atoms with Gasteiger partial charge in [-0.15, -0.1) is 6.58 Å². The van der Waals surface area contributed by atoms with Gasteiger partial charge in [0.1, 0.15) is 5.76 Å². The summed E-state index contributed by atoms with van der Waals surface area (Å²) in [5.74, 6) is 0.276. The van der Waals surface area contributed by atoms with E-state index in [1.165, 1.54) is 10.8 Å². The molecule has 0 unspecified atom stereocenters. The highest BCUT2D eigenvalue weighted by Crippen LogP contribution is 2.21. The molecule has 0 aliphatic rings. The Morgan fingerprint density at radius 3 is 2.62 bits per heavy atom. The van der Waals surface area contributed by atoms with Crippen LogP contribution in [0.5, 0.6) is 0 Å². The highest BCUT2D eigenvalue weighted by molar-refractivity contribution is 7.99. The predicted octanol–water partition coefficient (Wildman–Crippen LogP) is 4.73. The van der Waals surface area contributed by atoms with Gasteiger partial charge in [0.15, 0.2) is 10.9 Å². The summed E-state index contributed by atoms with van der Waals surface area (Å²) in [4.78, 5) is 42.9. The number of nitrogens with one attached hydrogen (secondary N) is 1. The molecule has 0 spiro atoms. The molecule has 2 aromatic heterocycles. The molecular weight excluding hydrogens is 474 g/mol. The van der Waals surface area contributed by atoms with Gasteiger partial charge in [-0.25, -0.2) is 4.98 Å². The summed E-state index contributed by atoms with van der Waals surface area (Å²) < 4.78 is 6.69. The SMILES string of the molecule is C=CCn1c(SCC(=O)c2ccc(Cl)cc2)nc2cc(C(=O)NCc3ccco3)ccc2c1=O. The van der Waals surface area contributed by atoms with E-state index >= 15 is 0 Å². The van der Waals surface area contributed by atoms with Crippen LogP contribution in [-0.4, -0.2) is 27.0 Å². The fourth-order valence-electron chi connectivity index (χ4n) is 3.27. The highest BCUT2D eigenvalue weighted by Gasteiger charge is 2.16. The molecule has 2 aromatic carbocycles. The van der Waals surface area contributed by atoms with E-state index in [-0.39, 0.29) is 36.1 Å². The lowest BCUT2D eigenvalue weighted by Crippen LogP contribution is -2.25. The molecule has 172 valence electrons. The van der Waals surface area contributed by atoms with Crippen LogP contribution in [0.25, 0.3) is 10.9 Å². The van der Waals surface area contributed by atoms with Crippen LogP contribution < -0.4 is 10.9 Å². The number of hydrogen-bond donors (Lipinski definition) is 1. The summed E-state index contributed by atoms with van der Waals surface area (Å²) in [5, 5.41) is 4.06. The summed E-state index contributed by atoms with van der Waals surface area (Å²) in [6.07, 6.45) is 3.13. The van der Waals surface area contributed by atoms with Crippen molar-refractivity contribution >= 4 is 46.0 Å². The average molecular weight is 494 g/mol. The first-order valence-corrected chi connectivity index (χ1v) is 11.7. The molecule has 0 aliphatic heterocycles. The van der Waals surface area contributed by atoms with Crippen LogP contribution in [-0.2, 0) is 13.1 Å². The number of aromatic nitrogens is 2. The fourth-order valence-corrected chi connectivity index (χ4v) is 4.30. The van der Waals surface area contributed by atoms with Crippen molar-refractivity contribution in [3.05, 3.63) is 106 Å². The zero-order valence-corrected chi connectivity index (χ0v) is 19.6. The standard InChI is InChI=1S/C25H20ClN3O4S/c1-2-11-29-24(32)20-10-7-17(23(31)27-14-19-4-3-12-33-19)13-21(20)28-25(29)34-15-22(30)16-5-8-18(26)9-6-16/h2-10,12-13H,1,11,14-15H2,(H,27,31). The first-order valence-electron chi connectivity index (χ1n) is 10.3. The molecule has 0 saturated heterocycles. The lowest BCUT2D eigenvalue weighted by molar-refractivity contribution is 0.0947. The second-order valence-electron chi connectivity index (χ2n) is 7.31. The largest absolute Gasteiger partial charge is 0.467 e. The molecule has 34 heavy (non-hydrogen) atoms. The Morgan fingerprint density at radius 1 is 1.15 bits per heavy atom. The lowest BCUT2D eigenvalue weighted by atomic mass is 10.1. The Labute approximate surface area is 204 Å². The quantitative estimate of drug-likeness (QED) is 0.157. The number of amides is 1. The minimum atomic E-state index is -0.317. The van der Waals surface area contributed by atoms with E-state index in [1.54, 1.807) is 60.7 Å². The molecule has 2 heterocycles. The van der Waals surface area contributed by atoms with Crippen LogP contribution in [0.2, 0.25) is 5.02 Å². The number of ketones is 1. The van der Waals surface area contributed by atoms with Crippen molar-refractivity contribution in [1.82, 2.24) is 14.9 Å². The number of fused-ring (bicyclic) bond motifs is 1. The van der Waals surface area contributed by atoms with E-state index in [1.807, 2.05) is 0 Å². The van der Waals surface area contributed by atoms with Gasteiger partial charge >= 0.3 is 0 Å². The van der Waals surface area contributed by atoms with Gasteiger partial charge in [-0.1, -0.05) is 29.4 Å². The van der Waals surface area contributed by atoms with Crippen molar-refractivity contribution in [3.8, 4) is 0 Å². The smallest absolute Gasteiger partial charge is 0.262 e. The van der Waals surface area contributed by atoms with Crippen LogP contribution in [0.3, 0.4) is 0 Å². The number of halogens is 1. The van der Waals surface area contributed by atoms with Crippen LogP contribution in [0.4, 0.5) is 0 Å². The summed E-state index contributed by atoms with van der Waals surface area (Å²) in [5.41, 5.74) is 0.984. The summed E-state index contributed by atoms with van der Waals surface area (Å²) >= 11 is 7.05. The molecule has 0 atom stereocenters. The van der Waals surface area contributed by atoms with Gasteiger partial charge in [0.25, 0.3) is 11.5 Å². The lowest BCUT2D eigenvalue weighted by Gasteiger charge is -2.12. The van der Waals surface area contributed by atoms with Crippen molar-refractivity contribution in [2.24, 2.45) is 0 Å². The molecule has 0 saturated carbocycles. The van der Waals surface area contributed by atoms with Gasteiger partial charge < -0.3 is 9.73 Å². The maximum Gasteiger partial charge on any atom is 0.262 e. The van der Waals surface area contributed by atoms with Crippen molar-refractivity contribution < 1.29 is 14.0 Å². The molecule has 0 bridgehead atoms. The number of rotatable bonds is 9. The zero-order chi connectivity index (χ0) is 24.1. The normalized spacial score (nSPS) is 10.9. The number of nitrogens with zero attached hydrogens (tertiary/aromatic N) is 2. The topological polar surface area (TPSA) is 94.2 Å². The number of thioether (sulfide) groups is 1. The molecule has 0 radical (unpaired) electrons. The van der Waals surface area contributed by atoms with Crippen LogP contribution in [0.1, 0.15) is 26.5 Å². The van der Waals surface area contributed by atoms with Crippen molar-refractivity contribution in [3.63, 3.8) is 0 Å². The van der Waals surface area contributed by atoms with Crippen LogP contribution in [0, 0.1) is 0 Å². The average Bonchev–Trinajstić information content (AvgIpc) is 3.37. The summed E-state index contributed by atoms with van der Waals surface area (Å²) in [6, 6.07) is 14.9. The summed E-state index contributed by atoms with van der Waals surface area (Å²) in [6.45, 7) is 4.19. The van der Waals surface area contributed by atoms with Crippen LogP contribution >= 0.6 is 23.4 Å². The predicted molar refractivity (Wildman–Crippen MR) is 133 cm³/mol. The van der Waals surface area contributed by atoms with Gasteiger partial charge in [-0.3, -0.25) is 19.0 Å². The van der Waals surface area contributed by atoms with E-state index < -0.39 is 0 Å². The number of carbonyl (C=O) groups excluding carboxylic acids is 2. The number of benzene rings is 2. The maximum atomic E-state index is 13.1. The first-order chi connectivity index (χ1) is 16.5. The van der Waals surface area contributed by atoms with Gasteiger partial charge in [0.2, 0.25) is 0 Å². The second-order valence-corrected chi connectivity index (χ2v) is 8.69. The number of furan rings is 1. The molecular formula is C25H20ClN3O4S. The van der Waals surface area contributed by atoms with E-state index in [4.69, 9.17) is 16.0 Å². The zero-order valence-electron chi connectivity index (χ0n) is 18.0. The van der Waals surface area contributed by atoms with Crippen molar-refractivity contribution in [2.75, 3.05) is 5.75 Å². The molecule has 4 rings (SSSR count). The second kappa shape index (κ2) is 10.5. The summed E-state index contributed by atoms with van der Waals surface area (Å²) in [7, 11) is 0. The number of carbonyl (C=O) groups is 2. The van der Waals surface area contributed by atoms with Gasteiger partial charge in [0, 0.05) is 22.7 Å². The third-order valence-electron chi connectivity index (χ3n) is 5.00. The Bertz CT molecular complexity index is 1410. The Kier molecular flexibility index (Phi) is 7.30. The van der Waals surface area contributed by atoms with Crippen LogP contribution in [0.15, 0.2) is 87.9 Å².